The Morgan fingerprint density at radius 1 is 1.33 bits per heavy atom. The number of carbonyl (C=O) groups is 2. The summed E-state index contributed by atoms with van der Waals surface area (Å²) in [7, 11) is 0. The van der Waals surface area contributed by atoms with Crippen LogP contribution in [0.5, 0.6) is 0 Å². The maximum Gasteiger partial charge on any atom is 0.327 e. The van der Waals surface area contributed by atoms with Gasteiger partial charge in [0.2, 0.25) is 0 Å². The van der Waals surface area contributed by atoms with E-state index in [0.29, 0.717) is 24.2 Å². The molecule has 2 heterocycles. The molecule has 0 radical (unpaired) electrons. The molecular formula is C25H34N2O4S2. The average molecular weight is 491 g/mol. The highest BCUT2D eigenvalue weighted by Gasteiger charge is 2.49. The minimum atomic E-state index is -0.891. The van der Waals surface area contributed by atoms with Crippen molar-refractivity contribution in [3.05, 3.63) is 39.3 Å². The van der Waals surface area contributed by atoms with Crippen LogP contribution in [0.1, 0.15) is 69.2 Å². The largest absolute Gasteiger partial charge is 0.457 e. The molecule has 2 aromatic rings. The molecule has 0 aliphatic carbocycles. The van der Waals surface area contributed by atoms with Crippen LogP contribution in [0.3, 0.4) is 0 Å². The molecule has 0 spiro atoms. The topological polar surface area (TPSA) is 103 Å². The number of esters is 1. The Bertz CT molecular complexity index is 1020. The van der Waals surface area contributed by atoms with Gasteiger partial charge in [0.1, 0.15) is 5.60 Å². The van der Waals surface area contributed by atoms with E-state index >= 15 is 0 Å². The third-order valence-electron chi connectivity index (χ3n) is 6.41. The third kappa shape index (κ3) is 5.44. The molecule has 1 aromatic carbocycles. The first kappa shape index (κ1) is 25.7. The first-order valence-electron chi connectivity index (χ1n) is 11.2. The van der Waals surface area contributed by atoms with Gasteiger partial charge in [0, 0.05) is 21.9 Å². The number of nitrogen functional groups attached to an aromatic ring is 1. The molecule has 3 N–H and O–H groups in total. The number of thioether (sulfide) groups is 1. The summed E-state index contributed by atoms with van der Waals surface area (Å²) in [5.41, 5.74) is 10.1. The van der Waals surface area contributed by atoms with E-state index in [0.717, 1.165) is 20.9 Å². The first-order valence-corrected chi connectivity index (χ1v) is 13.0. The third-order valence-corrected chi connectivity index (χ3v) is 8.63. The van der Waals surface area contributed by atoms with Gasteiger partial charge in [-0.1, -0.05) is 34.6 Å². The molecule has 2 atom stereocenters. The predicted octanol–water partition coefficient (Wildman–Crippen LogP) is 4.83. The number of cyclic esters (lactones) is 1. The van der Waals surface area contributed by atoms with Gasteiger partial charge >= 0.3 is 5.97 Å². The molecular weight excluding hydrogens is 456 g/mol. The van der Waals surface area contributed by atoms with Crippen LogP contribution in [0.25, 0.3) is 0 Å². The van der Waals surface area contributed by atoms with Gasteiger partial charge in [-0.2, -0.15) is 0 Å². The second kappa shape index (κ2) is 9.76. The highest BCUT2D eigenvalue weighted by Crippen LogP contribution is 2.43. The fourth-order valence-electron chi connectivity index (χ4n) is 4.13. The van der Waals surface area contributed by atoms with Gasteiger partial charge in [0.25, 0.3) is 0 Å². The van der Waals surface area contributed by atoms with Gasteiger partial charge in [-0.15, -0.1) is 23.1 Å². The van der Waals surface area contributed by atoms with Crippen molar-refractivity contribution in [2.75, 3.05) is 5.73 Å². The van der Waals surface area contributed by atoms with Gasteiger partial charge < -0.3 is 15.6 Å². The van der Waals surface area contributed by atoms with E-state index in [4.69, 9.17) is 10.5 Å². The number of aliphatic hydroxyl groups excluding tert-OH is 1. The second-order valence-electron chi connectivity index (χ2n) is 10.1. The predicted molar refractivity (Wildman–Crippen MR) is 134 cm³/mol. The summed E-state index contributed by atoms with van der Waals surface area (Å²) >= 11 is 2.74. The number of nitrogens with two attached hydrogens (primary N) is 1. The van der Waals surface area contributed by atoms with Crippen molar-refractivity contribution in [1.29, 1.82) is 0 Å². The lowest BCUT2D eigenvalue weighted by molar-refractivity contribution is -0.176. The van der Waals surface area contributed by atoms with E-state index in [1.165, 1.54) is 23.1 Å². The number of nitrogens with zero attached hydrogens (tertiary/aromatic N) is 1. The lowest BCUT2D eigenvalue weighted by atomic mass is 9.79. The standard InChI is InChI=1S/C25H34N2O4S2/c1-14(2)25(8-7-20-18(12-28)27-13-32-20)11-19(29)22(23(30)31-25)33-21-9-15(3)17(26)10-16(21)24(4,5)6/h9-10,13-14,22,28H,7-8,11-12,26H2,1-6H3. The SMILES string of the molecule is Cc1cc(SC2C(=O)CC(CCc3scnc3CO)(C(C)C)OC2=O)c(C(C)(C)C)cc1N. The van der Waals surface area contributed by atoms with Crippen LogP contribution in [0.2, 0.25) is 0 Å². The number of rotatable bonds is 7. The van der Waals surface area contributed by atoms with Crippen molar-refractivity contribution < 1.29 is 19.4 Å². The number of anilines is 1. The number of hydrogen-bond donors (Lipinski definition) is 2. The maximum atomic E-state index is 13.3. The van der Waals surface area contributed by atoms with E-state index in [-0.39, 0.29) is 30.1 Å². The van der Waals surface area contributed by atoms with Crippen molar-refractivity contribution in [3.8, 4) is 0 Å². The number of ether oxygens (including phenoxy) is 1. The van der Waals surface area contributed by atoms with Crippen LogP contribution >= 0.6 is 23.1 Å². The minimum Gasteiger partial charge on any atom is -0.457 e. The van der Waals surface area contributed by atoms with Gasteiger partial charge in [-0.05, 0) is 54.4 Å². The Hall–Kier alpha value is -1.90. The summed E-state index contributed by atoms with van der Waals surface area (Å²) in [6.07, 6.45) is 1.30. The lowest BCUT2D eigenvalue weighted by Gasteiger charge is -2.41. The van der Waals surface area contributed by atoms with Crippen molar-refractivity contribution >= 4 is 40.5 Å². The van der Waals surface area contributed by atoms with Gasteiger partial charge in [-0.3, -0.25) is 9.59 Å². The zero-order valence-electron chi connectivity index (χ0n) is 20.2. The van der Waals surface area contributed by atoms with Gasteiger partial charge in [-0.25, -0.2) is 4.98 Å². The van der Waals surface area contributed by atoms with E-state index in [1.807, 2.05) is 32.9 Å². The van der Waals surface area contributed by atoms with Gasteiger partial charge in [0.05, 0.1) is 17.8 Å². The van der Waals surface area contributed by atoms with E-state index in [2.05, 4.69) is 25.8 Å². The zero-order valence-corrected chi connectivity index (χ0v) is 21.9. The Morgan fingerprint density at radius 2 is 2.03 bits per heavy atom. The molecule has 33 heavy (non-hydrogen) atoms. The van der Waals surface area contributed by atoms with E-state index in [1.54, 1.807) is 5.51 Å². The van der Waals surface area contributed by atoms with Crippen LogP contribution in [0.15, 0.2) is 22.5 Å². The fraction of sp³-hybridized carbons (Fsp3) is 0.560. The van der Waals surface area contributed by atoms with E-state index in [9.17, 15) is 14.7 Å². The molecule has 6 nitrogen and oxygen atoms in total. The molecule has 0 amide bonds. The summed E-state index contributed by atoms with van der Waals surface area (Å²) in [4.78, 5) is 32.5. The molecule has 2 unspecified atom stereocenters. The molecule has 1 aromatic heterocycles. The highest BCUT2D eigenvalue weighted by atomic mass is 32.2. The normalized spacial score (nSPS) is 21.5. The number of ketones is 1. The number of aromatic nitrogens is 1. The quantitative estimate of drug-likeness (QED) is 0.326. The number of aliphatic hydroxyl groups is 1. The molecule has 3 rings (SSSR count). The van der Waals surface area contributed by atoms with Crippen LogP contribution in [-0.4, -0.2) is 32.7 Å². The number of hydrogen-bond acceptors (Lipinski definition) is 8. The van der Waals surface area contributed by atoms with Crippen LogP contribution < -0.4 is 5.73 Å². The maximum absolute atomic E-state index is 13.3. The molecule has 180 valence electrons. The number of aryl methyl sites for hydroxylation is 2. The fourth-order valence-corrected chi connectivity index (χ4v) is 6.26. The highest BCUT2D eigenvalue weighted by molar-refractivity contribution is 8.01. The molecule has 8 heteroatoms. The summed E-state index contributed by atoms with van der Waals surface area (Å²) < 4.78 is 6.06. The van der Waals surface area contributed by atoms with Crippen molar-refractivity contribution in [3.63, 3.8) is 0 Å². The van der Waals surface area contributed by atoms with Crippen molar-refractivity contribution in [1.82, 2.24) is 4.98 Å². The number of benzene rings is 1. The minimum absolute atomic E-state index is 0.0225. The average Bonchev–Trinajstić information content (AvgIpc) is 3.18. The monoisotopic (exact) mass is 490 g/mol. The summed E-state index contributed by atoms with van der Waals surface area (Å²) in [5, 5.41) is 8.60. The van der Waals surface area contributed by atoms with Crippen LogP contribution in [0, 0.1) is 12.8 Å². The molecule has 1 aliphatic heterocycles. The second-order valence-corrected chi connectivity index (χ2v) is 12.2. The van der Waals surface area contributed by atoms with Crippen molar-refractivity contribution in [2.45, 2.75) is 88.6 Å². The van der Waals surface area contributed by atoms with E-state index < -0.39 is 16.8 Å². The van der Waals surface area contributed by atoms with Crippen LogP contribution in [0.4, 0.5) is 5.69 Å². The summed E-state index contributed by atoms with van der Waals surface area (Å²) in [6.45, 7) is 12.0. The Kier molecular flexibility index (Phi) is 7.61. The molecule has 1 aliphatic rings. The Labute approximate surface area is 204 Å². The number of carbonyl (C=O) groups excluding carboxylic acids is 2. The molecule has 1 saturated heterocycles. The number of Topliss-reactive ketones (excluding diaryl/α,β-unsaturated/α-hetero) is 1. The smallest absolute Gasteiger partial charge is 0.327 e. The Balaban J connectivity index is 1.84. The number of thiazole rings is 1. The molecule has 0 saturated carbocycles. The summed E-state index contributed by atoms with van der Waals surface area (Å²) in [5.74, 6) is -0.609. The van der Waals surface area contributed by atoms with Crippen molar-refractivity contribution in [2.24, 2.45) is 5.92 Å². The summed E-state index contributed by atoms with van der Waals surface area (Å²) in [6, 6.07) is 3.91. The first-order chi connectivity index (χ1) is 15.4. The Morgan fingerprint density at radius 3 is 2.61 bits per heavy atom. The molecule has 0 bridgehead atoms. The van der Waals surface area contributed by atoms with Gasteiger partial charge in [0.15, 0.2) is 11.0 Å². The zero-order chi connectivity index (χ0) is 24.6. The van der Waals surface area contributed by atoms with Crippen LogP contribution in [-0.2, 0) is 32.8 Å². The molecule has 1 fully saturated rings. The lowest BCUT2D eigenvalue weighted by Crippen LogP contribution is -2.52.